The van der Waals surface area contributed by atoms with Gasteiger partial charge in [0.25, 0.3) is 0 Å². The van der Waals surface area contributed by atoms with Gasteiger partial charge in [0.1, 0.15) is 10.9 Å². The maximum Gasteiger partial charge on any atom is 0.321 e. The zero-order chi connectivity index (χ0) is 14.5. The van der Waals surface area contributed by atoms with Crippen LogP contribution in [0.1, 0.15) is 0 Å². The Hall–Kier alpha value is -1.43. The minimum atomic E-state index is -0.639. The molecule has 0 amide bonds. The molecule has 0 fully saturated rings. The molecule has 0 aliphatic heterocycles. The second kappa shape index (κ2) is 6.83. The van der Waals surface area contributed by atoms with Crippen molar-refractivity contribution in [2.45, 2.75) is 0 Å². The molecule has 0 saturated carbocycles. The highest BCUT2D eigenvalue weighted by atomic mass is 35.5. The first-order chi connectivity index (χ1) is 9.60. The van der Waals surface area contributed by atoms with Crippen LogP contribution in [0, 0.1) is 5.82 Å². The van der Waals surface area contributed by atoms with Crippen LogP contribution < -0.4 is 4.74 Å². The fourth-order valence-electron chi connectivity index (χ4n) is 1.28. The van der Waals surface area contributed by atoms with Gasteiger partial charge in [0.15, 0.2) is 11.6 Å². The van der Waals surface area contributed by atoms with Crippen LogP contribution in [0.5, 0.6) is 11.8 Å². The van der Waals surface area contributed by atoms with Crippen LogP contribution >= 0.6 is 34.8 Å². The number of aliphatic imine (C=N–C) groups is 1. The van der Waals surface area contributed by atoms with E-state index in [-0.39, 0.29) is 33.5 Å². The van der Waals surface area contributed by atoms with Gasteiger partial charge in [-0.2, -0.15) is 0 Å². The Bertz CT molecular complexity index is 637. The van der Waals surface area contributed by atoms with Gasteiger partial charge in [0.2, 0.25) is 0 Å². The van der Waals surface area contributed by atoms with Gasteiger partial charge in [-0.15, -0.1) is 11.6 Å². The molecule has 2 aromatic rings. The van der Waals surface area contributed by atoms with Crippen molar-refractivity contribution in [3.63, 3.8) is 0 Å². The van der Waals surface area contributed by atoms with Crippen molar-refractivity contribution >= 4 is 45.7 Å². The van der Waals surface area contributed by atoms with E-state index in [1.165, 1.54) is 18.5 Å². The summed E-state index contributed by atoms with van der Waals surface area (Å²) in [5.74, 6) is -0.502. The molecule has 0 aliphatic rings. The van der Waals surface area contributed by atoms with Crippen LogP contribution in [0.4, 0.5) is 10.1 Å². The van der Waals surface area contributed by atoms with Gasteiger partial charge in [-0.3, -0.25) is 0 Å². The van der Waals surface area contributed by atoms with Gasteiger partial charge < -0.3 is 4.74 Å². The number of hydrogen-bond acceptors (Lipinski definition) is 4. The normalized spacial score (nSPS) is 11.5. The topological polar surface area (TPSA) is 47.4 Å². The van der Waals surface area contributed by atoms with Crippen molar-refractivity contribution in [3.05, 3.63) is 41.4 Å². The number of alkyl halides is 1. The van der Waals surface area contributed by atoms with Crippen molar-refractivity contribution in [1.82, 2.24) is 9.97 Å². The first-order valence-electron chi connectivity index (χ1n) is 5.33. The maximum absolute atomic E-state index is 13.7. The SMILES string of the molecule is Fc1cc(Cl)c(Oc2ncccn2)cc1N=C(Cl)CCl. The van der Waals surface area contributed by atoms with E-state index >= 15 is 0 Å². The van der Waals surface area contributed by atoms with Crippen molar-refractivity contribution in [1.29, 1.82) is 0 Å². The second-order valence-corrected chi connectivity index (χ2v) is 4.60. The fourth-order valence-corrected chi connectivity index (χ4v) is 1.62. The van der Waals surface area contributed by atoms with Crippen LogP contribution in [0.25, 0.3) is 0 Å². The molecule has 0 unspecified atom stereocenters. The Labute approximate surface area is 129 Å². The third-order valence-electron chi connectivity index (χ3n) is 2.10. The molecule has 8 heteroatoms. The van der Waals surface area contributed by atoms with Crippen LogP contribution in [-0.4, -0.2) is 21.0 Å². The molecule has 0 bridgehead atoms. The third kappa shape index (κ3) is 3.79. The molecule has 0 spiro atoms. The highest BCUT2D eigenvalue weighted by Crippen LogP contribution is 2.34. The highest BCUT2D eigenvalue weighted by Gasteiger charge is 2.11. The number of benzene rings is 1. The van der Waals surface area contributed by atoms with Crippen LogP contribution in [-0.2, 0) is 0 Å². The lowest BCUT2D eigenvalue weighted by Gasteiger charge is -2.07. The lowest BCUT2D eigenvalue weighted by atomic mass is 10.3. The molecule has 1 heterocycles. The van der Waals surface area contributed by atoms with Gasteiger partial charge >= 0.3 is 6.01 Å². The molecule has 20 heavy (non-hydrogen) atoms. The molecule has 4 nitrogen and oxygen atoms in total. The molecule has 104 valence electrons. The van der Waals surface area contributed by atoms with E-state index in [1.807, 2.05) is 0 Å². The smallest absolute Gasteiger partial charge is 0.321 e. The largest absolute Gasteiger partial charge is 0.423 e. The quantitative estimate of drug-likeness (QED) is 0.608. The molecular formula is C12H7Cl3FN3O. The summed E-state index contributed by atoms with van der Waals surface area (Å²) in [5, 5.41) is 0.116. The Balaban J connectivity index is 2.36. The second-order valence-electron chi connectivity index (χ2n) is 3.49. The average molecular weight is 335 g/mol. The Morgan fingerprint density at radius 2 is 2.00 bits per heavy atom. The minimum Gasteiger partial charge on any atom is -0.423 e. The minimum absolute atomic E-state index is 0.0262. The number of halogens is 4. The Morgan fingerprint density at radius 1 is 1.30 bits per heavy atom. The number of rotatable bonds is 4. The monoisotopic (exact) mass is 333 g/mol. The third-order valence-corrected chi connectivity index (χ3v) is 3.00. The summed E-state index contributed by atoms with van der Waals surface area (Å²) in [6, 6.07) is 4.08. The molecule has 1 aromatic heterocycles. The number of hydrogen-bond donors (Lipinski definition) is 0. The van der Waals surface area contributed by atoms with Gasteiger partial charge in [-0.05, 0) is 12.1 Å². The van der Waals surface area contributed by atoms with Crippen molar-refractivity contribution in [2.24, 2.45) is 4.99 Å². The first-order valence-corrected chi connectivity index (χ1v) is 6.62. The van der Waals surface area contributed by atoms with E-state index in [0.29, 0.717) is 0 Å². The summed E-state index contributed by atoms with van der Waals surface area (Å²) in [6.07, 6.45) is 3.01. The lowest BCUT2D eigenvalue weighted by molar-refractivity contribution is 0.441. The number of aromatic nitrogens is 2. The van der Waals surface area contributed by atoms with Gasteiger partial charge in [-0.1, -0.05) is 23.2 Å². The molecule has 2 rings (SSSR count). The van der Waals surface area contributed by atoms with E-state index in [9.17, 15) is 4.39 Å². The van der Waals surface area contributed by atoms with Gasteiger partial charge in [-0.25, -0.2) is 19.4 Å². The summed E-state index contributed by atoms with van der Waals surface area (Å²) in [6.45, 7) is 0. The molecule has 0 saturated heterocycles. The number of ether oxygens (including phenoxy) is 1. The summed E-state index contributed by atoms with van der Waals surface area (Å²) < 4.78 is 19.0. The summed E-state index contributed by atoms with van der Waals surface area (Å²) in [4.78, 5) is 11.6. The first kappa shape index (κ1) is 15.0. The van der Waals surface area contributed by atoms with Crippen LogP contribution in [0.15, 0.2) is 35.6 Å². The predicted octanol–water partition coefficient (Wildman–Crippen LogP) is 4.57. The lowest BCUT2D eigenvalue weighted by Crippen LogP contribution is -1.93. The fraction of sp³-hybridized carbons (Fsp3) is 0.0833. The molecular weight excluding hydrogens is 328 g/mol. The molecule has 1 aromatic carbocycles. The zero-order valence-corrected chi connectivity index (χ0v) is 12.1. The zero-order valence-electron chi connectivity index (χ0n) is 9.86. The Morgan fingerprint density at radius 3 is 2.65 bits per heavy atom. The van der Waals surface area contributed by atoms with Crippen LogP contribution in [0.2, 0.25) is 5.02 Å². The molecule has 0 aliphatic carbocycles. The van der Waals surface area contributed by atoms with Crippen LogP contribution in [0.3, 0.4) is 0 Å². The number of nitrogens with zero attached hydrogens (tertiary/aromatic N) is 3. The van der Waals surface area contributed by atoms with Gasteiger partial charge in [0, 0.05) is 18.5 Å². The van der Waals surface area contributed by atoms with E-state index in [1.54, 1.807) is 6.07 Å². The molecule has 0 N–H and O–H groups in total. The summed E-state index contributed by atoms with van der Waals surface area (Å²) in [5.41, 5.74) is -0.0361. The van der Waals surface area contributed by atoms with Gasteiger partial charge in [0.05, 0.1) is 10.9 Å². The van der Waals surface area contributed by atoms with E-state index in [2.05, 4.69) is 15.0 Å². The molecule has 0 atom stereocenters. The summed E-state index contributed by atoms with van der Waals surface area (Å²) in [7, 11) is 0. The average Bonchev–Trinajstić information content (AvgIpc) is 2.45. The van der Waals surface area contributed by atoms with Crippen molar-refractivity contribution < 1.29 is 9.13 Å². The highest BCUT2D eigenvalue weighted by molar-refractivity contribution is 6.69. The maximum atomic E-state index is 13.7. The van der Waals surface area contributed by atoms with E-state index < -0.39 is 5.82 Å². The molecule has 0 radical (unpaired) electrons. The standard InChI is InChI=1S/C12H7Cl3FN3O/c13-6-11(15)19-9-5-10(7(14)4-8(9)16)20-12-17-2-1-3-18-12/h1-5H,6H2. The Kier molecular flexibility index (Phi) is 5.11. The van der Waals surface area contributed by atoms with E-state index in [0.717, 1.165) is 6.07 Å². The van der Waals surface area contributed by atoms with Crippen molar-refractivity contribution in [3.8, 4) is 11.8 Å². The predicted molar refractivity (Wildman–Crippen MR) is 77.2 cm³/mol. The summed E-state index contributed by atoms with van der Waals surface area (Å²) >= 11 is 17.1. The van der Waals surface area contributed by atoms with Crippen molar-refractivity contribution in [2.75, 3.05) is 5.88 Å². The van der Waals surface area contributed by atoms with E-state index in [4.69, 9.17) is 39.5 Å².